The van der Waals surface area contributed by atoms with Crippen LogP contribution in [0.2, 0.25) is 0 Å². The van der Waals surface area contributed by atoms with Crippen molar-refractivity contribution < 1.29 is 35.1 Å². The molecule has 0 amide bonds. The fourth-order valence-corrected chi connectivity index (χ4v) is 7.98. The van der Waals surface area contributed by atoms with Gasteiger partial charge in [-0.05, 0) is 23.8 Å². The van der Waals surface area contributed by atoms with Crippen LogP contribution in [0.15, 0.2) is 42.5 Å². The van der Waals surface area contributed by atoms with Gasteiger partial charge in [0, 0.05) is 73.5 Å². The molecule has 1 saturated heterocycles. The number of aromatic nitrogens is 2. The van der Waals surface area contributed by atoms with Crippen LogP contribution in [0.3, 0.4) is 0 Å². The van der Waals surface area contributed by atoms with Gasteiger partial charge in [-0.15, -0.1) is 0 Å². The number of hydrogen-bond acceptors (Lipinski definition) is 8. The SMILES string of the molecule is CS(=O)(=O)Nc1cccc(CI)c1N1CCN(CC(O)Cn2nc(-c3ccc(C(F)(F)F)cc3)c3c2CCN(S(C)(=O)=O)C3)CC1. The minimum absolute atomic E-state index is 0.0391. The van der Waals surface area contributed by atoms with E-state index in [4.69, 9.17) is 0 Å². The highest BCUT2D eigenvalue weighted by molar-refractivity contribution is 14.1. The molecular formula is C29H36F3IN6O5S2. The van der Waals surface area contributed by atoms with E-state index < -0.39 is 37.9 Å². The summed E-state index contributed by atoms with van der Waals surface area (Å²) in [6, 6.07) is 10.2. The fraction of sp³-hybridized carbons (Fsp3) is 0.483. The quantitative estimate of drug-likeness (QED) is 0.237. The van der Waals surface area contributed by atoms with Crippen molar-refractivity contribution in [1.82, 2.24) is 19.0 Å². The Kier molecular flexibility index (Phi) is 10.3. The van der Waals surface area contributed by atoms with Gasteiger partial charge in [0.05, 0.1) is 47.8 Å². The van der Waals surface area contributed by atoms with Gasteiger partial charge in [-0.25, -0.2) is 16.8 Å². The first-order valence-electron chi connectivity index (χ1n) is 14.6. The molecule has 1 aromatic heterocycles. The van der Waals surface area contributed by atoms with E-state index in [0.717, 1.165) is 41.6 Å². The van der Waals surface area contributed by atoms with Crippen molar-refractivity contribution >= 4 is 54.0 Å². The number of anilines is 2. The average Bonchev–Trinajstić information content (AvgIpc) is 3.33. The number of nitrogens with zero attached hydrogens (tertiary/aromatic N) is 5. The van der Waals surface area contributed by atoms with Crippen molar-refractivity contribution in [3.8, 4) is 11.3 Å². The number of benzene rings is 2. The predicted octanol–water partition coefficient (Wildman–Crippen LogP) is 3.38. The zero-order valence-electron chi connectivity index (χ0n) is 25.3. The summed E-state index contributed by atoms with van der Waals surface area (Å²) in [5.74, 6) is 0. The first kappa shape index (κ1) is 34.9. The molecule has 2 aliphatic rings. The number of rotatable bonds is 10. The third-order valence-electron chi connectivity index (χ3n) is 8.15. The molecule has 1 fully saturated rings. The Bertz CT molecular complexity index is 1780. The lowest BCUT2D eigenvalue weighted by molar-refractivity contribution is -0.137. The maximum Gasteiger partial charge on any atom is 0.416 e. The first-order valence-corrected chi connectivity index (χ1v) is 19.8. The molecule has 252 valence electrons. The maximum absolute atomic E-state index is 13.2. The lowest BCUT2D eigenvalue weighted by Gasteiger charge is -2.38. The minimum Gasteiger partial charge on any atom is -0.390 e. The third kappa shape index (κ3) is 8.15. The van der Waals surface area contributed by atoms with Crippen molar-refractivity contribution in [2.45, 2.75) is 36.2 Å². The van der Waals surface area contributed by atoms with Crippen LogP contribution in [-0.2, 0) is 50.2 Å². The topological polar surface area (TPSA) is 128 Å². The van der Waals surface area contributed by atoms with Crippen LogP contribution < -0.4 is 9.62 Å². The maximum atomic E-state index is 13.2. The second kappa shape index (κ2) is 13.6. The largest absolute Gasteiger partial charge is 0.416 e. The molecule has 0 bridgehead atoms. The van der Waals surface area contributed by atoms with Gasteiger partial charge in [0.2, 0.25) is 20.0 Å². The lowest BCUT2D eigenvalue weighted by atomic mass is 10.0. The Morgan fingerprint density at radius 1 is 0.978 bits per heavy atom. The molecule has 3 aromatic rings. The van der Waals surface area contributed by atoms with E-state index in [1.165, 1.54) is 16.4 Å². The van der Waals surface area contributed by atoms with Crippen molar-refractivity contribution in [2.24, 2.45) is 0 Å². The Balaban J connectivity index is 1.31. The van der Waals surface area contributed by atoms with Gasteiger partial charge in [0.15, 0.2) is 0 Å². The molecule has 2 N–H and O–H groups in total. The summed E-state index contributed by atoms with van der Waals surface area (Å²) in [5, 5.41) is 15.8. The van der Waals surface area contributed by atoms with Crippen molar-refractivity contribution in [2.75, 3.05) is 61.4 Å². The number of aliphatic hydroxyl groups is 1. The van der Waals surface area contributed by atoms with Crippen molar-refractivity contribution in [3.05, 3.63) is 64.8 Å². The van der Waals surface area contributed by atoms with Gasteiger partial charge in [-0.2, -0.15) is 22.6 Å². The average molecular weight is 797 g/mol. The zero-order chi connectivity index (χ0) is 33.4. The van der Waals surface area contributed by atoms with E-state index >= 15 is 0 Å². The van der Waals surface area contributed by atoms with Crippen LogP contribution in [0.1, 0.15) is 22.4 Å². The molecule has 1 unspecified atom stereocenters. The number of fused-ring (bicyclic) bond motifs is 1. The summed E-state index contributed by atoms with van der Waals surface area (Å²) in [5.41, 5.74) is 3.80. The second-order valence-electron chi connectivity index (χ2n) is 11.6. The summed E-state index contributed by atoms with van der Waals surface area (Å²) >= 11 is 2.26. The molecule has 2 aromatic carbocycles. The number of halogens is 4. The number of nitrogens with one attached hydrogen (secondary N) is 1. The van der Waals surface area contributed by atoms with E-state index in [1.54, 1.807) is 10.7 Å². The molecular weight excluding hydrogens is 760 g/mol. The number of aliphatic hydroxyl groups excluding tert-OH is 1. The Morgan fingerprint density at radius 2 is 1.65 bits per heavy atom. The fourth-order valence-electron chi connectivity index (χ4n) is 6.01. The summed E-state index contributed by atoms with van der Waals surface area (Å²) in [4.78, 5) is 4.27. The number of sulfonamides is 2. The zero-order valence-corrected chi connectivity index (χ0v) is 29.1. The molecule has 11 nitrogen and oxygen atoms in total. The summed E-state index contributed by atoms with van der Waals surface area (Å²) in [7, 11) is -6.98. The molecule has 1 atom stereocenters. The lowest BCUT2D eigenvalue weighted by Crippen LogP contribution is -2.49. The highest BCUT2D eigenvalue weighted by atomic mass is 127. The number of alkyl halides is 4. The molecule has 0 spiro atoms. The first-order chi connectivity index (χ1) is 21.5. The minimum atomic E-state index is -4.49. The third-order valence-corrected chi connectivity index (χ3v) is 10.8. The van der Waals surface area contributed by atoms with Gasteiger partial charge in [-0.1, -0.05) is 46.9 Å². The molecule has 0 saturated carbocycles. The number of piperazine rings is 1. The molecule has 3 heterocycles. The Labute approximate surface area is 280 Å². The van der Waals surface area contributed by atoms with E-state index in [-0.39, 0.29) is 19.6 Å². The number of β-amino-alcohol motifs (C(OH)–C–C–N with tert-alkyl or cyclic N) is 1. The highest BCUT2D eigenvalue weighted by Gasteiger charge is 2.33. The van der Waals surface area contributed by atoms with Crippen molar-refractivity contribution in [1.29, 1.82) is 0 Å². The van der Waals surface area contributed by atoms with Crippen LogP contribution in [0, 0.1) is 0 Å². The summed E-state index contributed by atoms with van der Waals surface area (Å²) in [6.45, 7) is 3.24. The molecule has 46 heavy (non-hydrogen) atoms. The smallest absolute Gasteiger partial charge is 0.390 e. The van der Waals surface area contributed by atoms with Crippen molar-refractivity contribution in [3.63, 3.8) is 0 Å². The Morgan fingerprint density at radius 3 is 2.24 bits per heavy atom. The van der Waals surface area contributed by atoms with Gasteiger partial charge in [0.1, 0.15) is 0 Å². The van der Waals surface area contributed by atoms with Crippen LogP contribution in [-0.4, -0.2) is 98.8 Å². The van der Waals surface area contributed by atoms with Crippen LogP contribution in [0.25, 0.3) is 11.3 Å². The van der Waals surface area contributed by atoms with Gasteiger partial charge < -0.3 is 10.0 Å². The number of para-hydroxylation sites is 1. The predicted molar refractivity (Wildman–Crippen MR) is 179 cm³/mol. The van der Waals surface area contributed by atoms with E-state index in [1.807, 2.05) is 12.1 Å². The normalized spacial score (nSPS) is 17.6. The highest BCUT2D eigenvalue weighted by Crippen LogP contribution is 2.35. The van der Waals surface area contributed by atoms with E-state index in [0.29, 0.717) is 66.1 Å². The van der Waals surface area contributed by atoms with E-state index in [2.05, 4.69) is 42.2 Å². The Hall–Kier alpha value is -2.45. The summed E-state index contributed by atoms with van der Waals surface area (Å²) < 4.78 is 94.5. The second-order valence-corrected chi connectivity index (χ2v) is 16.1. The van der Waals surface area contributed by atoms with Gasteiger partial charge >= 0.3 is 6.18 Å². The molecule has 17 heteroatoms. The molecule has 5 rings (SSSR count). The van der Waals surface area contributed by atoms with Gasteiger partial charge in [-0.3, -0.25) is 14.3 Å². The number of hydrogen-bond donors (Lipinski definition) is 2. The van der Waals surface area contributed by atoms with Gasteiger partial charge in [0.25, 0.3) is 0 Å². The monoisotopic (exact) mass is 796 g/mol. The summed E-state index contributed by atoms with van der Waals surface area (Å²) in [6.07, 6.45) is -2.73. The van der Waals surface area contributed by atoms with Crippen LogP contribution in [0.4, 0.5) is 24.5 Å². The molecule has 2 aliphatic heterocycles. The van der Waals surface area contributed by atoms with E-state index in [9.17, 15) is 35.1 Å². The van der Waals surface area contributed by atoms with Crippen LogP contribution in [0.5, 0.6) is 0 Å². The standard InChI is InChI=1S/C29H36F3IN6O5S2/c1-45(41,42)35-25-5-3-4-21(16-33)28(25)37-14-12-36(13-15-37)17-23(40)18-39-26-10-11-38(46(2,43)44)19-24(26)27(34-39)20-6-8-22(9-7-20)29(30,31)32/h3-9,23,35,40H,10-19H2,1-2H3. The van der Waals surface area contributed by atoms with Crippen LogP contribution >= 0.6 is 22.6 Å². The molecule has 0 aliphatic carbocycles. The molecule has 0 radical (unpaired) electrons.